The molecule has 0 aliphatic heterocycles. The summed E-state index contributed by atoms with van der Waals surface area (Å²) in [5.74, 6) is 1.97. The molecule has 2 aliphatic carbocycles. The molecule has 4 heteroatoms. The van der Waals surface area contributed by atoms with Crippen LogP contribution in [0.15, 0.2) is 11.4 Å². The molecule has 3 nitrogen and oxygen atoms in total. The van der Waals surface area contributed by atoms with Crippen LogP contribution in [0.3, 0.4) is 0 Å². The van der Waals surface area contributed by atoms with Crippen LogP contribution >= 0.6 is 11.3 Å². The summed E-state index contributed by atoms with van der Waals surface area (Å²) in [7, 11) is 2.12. The number of carboxylic acid groups (broad SMARTS) is 1. The molecule has 2 saturated carbocycles. The molecule has 3 rings (SSSR count). The molecule has 0 saturated heterocycles. The Morgan fingerprint density at radius 2 is 2.32 bits per heavy atom. The zero-order valence-corrected chi connectivity index (χ0v) is 12.2. The quantitative estimate of drug-likeness (QED) is 0.899. The summed E-state index contributed by atoms with van der Waals surface area (Å²) in [6, 6.07) is 1.95. The van der Waals surface area contributed by atoms with Gasteiger partial charge in [-0.25, -0.2) is 4.79 Å². The van der Waals surface area contributed by atoms with E-state index in [1.54, 1.807) is 0 Å². The minimum atomic E-state index is -0.793. The molecule has 19 heavy (non-hydrogen) atoms. The summed E-state index contributed by atoms with van der Waals surface area (Å²) in [5.41, 5.74) is 0.961. The highest BCUT2D eigenvalue weighted by molar-refractivity contribution is 7.12. The maximum absolute atomic E-state index is 11.1. The molecule has 0 spiro atoms. The number of carboxylic acids is 1. The standard InChI is InChI=1S/C15H21NO2S/c1-16(8-12-4-5-19-14(12)15(17)18)9-13-7-10-2-3-11(13)6-10/h4-5,10-11,13H,2-3,6-9H2,1H3,(H,17,18). The van der Waals surface area contributed by atoms with Crippen molar-refractivity contribution in [1.82, 2.24) is 4.90 Å². The zero-order chi connectivity index (χ0) is 13.4. The Morgan fingerprint density at radius 1 is 1.47 bits per heavy atom. The summed E-state index contributed by atoms with van der Waals surface area (Å²) >= 11 is 1.33. The molecule has 1 aromatic heterocycles. The molecule has 2 aliphatic rings. The predicted molar refractivity (Wildman–Crippen MR) is 76.6 cm³/mol. The van der Waals surface area contributed by atoms with Gasteiger partial charge in [0.05, 0.1) is 0 Å². The van der Waals surface area contributed by atoms with Gasteiger partial charge in [0.1, 0.15) is 4.88 Å². The molecule has 1 aromatic rings. The van der Waals surface area contributed by atoms with Crippen molar-refractivity contribution in [2.24, 2.45) is 17.8 Å². The Labute approximate surface area is 118 Å². The summed E-state index contributed by atoms with van der Waals surface area (Å²) in [6.07, 6.45) is 5.70. The average Bonchev–Trinajstić information content (AvgIpc) is 3.03. The van der Waals surface area contributed by atoms with Gasteiger partial charge in [0, 0.05) is 13.1 Å². The molecular weight excluding hydrogens is 258 g/mol. The Bertz CT molecular complexity index is 470. The first-order valence-corrected chi connectivity index (χ1v) is 7.99. The van der Waals surface area contributed by atoms with Crippen LogP contribution in [-0.4, -0.2) is 29.6 Å². The van der Waals surface area contributed by atoms with Gasteiger partial charge in [-0.15, -0.1) is 11.3 Å². The lowest BCUT2D eigenvalue weighted by Gasteiger charge is -2.27. The summed E-state index contributed by atoms with van der Waals surface area (Å²) in [4.78, 5) is 13.9. The van der Waals surface area contributed by atoms with Gasteiger partial charge < -0.3 is 10.0 Å². The van der Waals surface area contributed by atoms with Crippen molar-refractivity contribution in [3.63, 3.8) is 0 Å². The lowest BCUT2D eigenvalue weighted by Crippen LogP contribution is -2.28. The number of rotatable bonds is 5. The van der Waals surface area contributed by atoms with Gasteiger partial charge in [0.2, 0.25) is 0 Å². The van der Waals surface area contributed by atoms with E-state index in [0.29, 0.717) is 4.88 Å². The highest BCUT2D eigenvalue weighted by Crippen LogP contribution is 2.48. The highest BCUT2D eigenvalue weighted by atomic mass is 32.1. The predicted octanol–water partition coefficient (Wildman–Crippen LogP) is 3.31. The fraction of sp³-hybridized carbons (Fsp3) is 0.667. The maximum atomic E-state index is 11.1. The van der Waals surface area contributed by atoms with Crippen LogP contribution in [0.5, 0.6) is 0 Å². The van der Waals surface area contributed by atoms with Crippen LogP contribution in [0.1, 0.15) is 40.9 Å². The van der Waals surface area contributed by atoms with E-state index < -0.39 is 5.97 Å². The Balaban J connectivity index is 1.58. The van der Waals surface area contributed by atoms with Gasteiger partial charge >= 0.3 is 5.97 Å². The topological polar surface area (TPSA) is 40.5 Å². The number of thiophene rings is 1. The number of nitrogens with zero attached hydrogens (tertiary/aromatic N) is 1. The minimum Gasteiger partial charge on any atom is -0.477 e. The highest BCUT2D eigenvalue weighted by Gasteiger charge is 2.39. The van der Waals surface area contributed by atoms with E-state index in [2.05, 4.69) is 11.9 Å². The number of carbonyl (C=O) groups is 1. The molecule has 0 aromatic carbocycles. The maximum Gasteiger partial charge on any atom is 0.346 e. The SMILES string of the molecule is CN(Cc1ccsc1C(=O)O)CC1CC2CCC1C2. The molecule has 1 heterocycles. The van der Waals surface area contributed by atoms with Gasteiger partial charge in [-0.1, -0.05) is 6.42 Å². The van der Waals surface area contributed by atoms with Gasteiger partial charge in [0.25, 0.3) is 0 Å². The van der Waals surface area contributed by atoms with Gasteiger partial charge in [0.15, 0.2) is 0 Å². The van der Waals surface area contributed by atoms with Crippen molar-refractivity contribution in [1.29, 1.82) is 0 Å². The first-order valence-electron chi connectivity index (χ1n) is 7.11. The molecule has 0 radical (unpaired) electrons. The molecule has 104 valence electrons. The molecule has 3 atom stereocenters. The second kappa shape index (κ2) is 5.25. The Morgan fingerprint density at radius 3 is 2.95 bits per heavy atom. The van der Waals surface area contributed by atoms with Crippen molar-refractivity contribution in [3.8, 4) is 0 Å². The van der Waals surface area contributed by atoms with Crippen molar-refractivity contribution < 1.29 is 9.90 Å². The number of aromatic carboxylic acids is 1. The molecule has 1 N–H and O–H groups in total. The van der Waals surface area contributed by atoms with E-state index in [1.165, 1.54) is 37.0 Å². The van der Waals surface area contributed by atoms with Crippen LogP contribution in [-0.2, 0) is 6.54 Å². The summed E-state index contributed by atoms with van der Waals surface area (Å²) in [5, 5.41) is 11.0. The molecule has 0 amide bonds. The monoisotopic (exact) mass is 279 g/mol. The van der Waals surface area contributed by atoms with E-state index in [0.717, 1.165) is 36.4 Å². The zero-order valence-electron chi connectivity index (χ0n) is 11.3. The third-order valence-corrected chi connectivity index (χ3v) is 5.76. The van der Waals surface area contributed by atoms with Crippen LogP contribution in [0, 0.1) is 17.8 Å². The molecule has 2 bridgehead atoms. The number of fused-ring (bicyclic) bond motifs is 2. The fourth-order valence-electron chi connectivity index (χ4n) is 4.00. The second-order valence-corrected chi connectivity index (χ2v) is 7.13. The van der Waals surface area contributed by atoms with Crippen molar-refractivity contribution in [2.75, 3.05) is 13.6 Å². The van der Waals surface area contributed by atoms with Crippen molar-refractivity contribution in [3.05, 3.63) is 21.9 Å². The fourth-order valence-corrected chi connectivity index (χ4v) is 4.76. The van der Waals surface area contributed by atoms with E-state index in [9.17, 15) is 4.79 Å². The Kier molecular flexibility index (Phi) is 3.63. The second-order valence-electron chi connectivity index (χ2n) is 6.21. The van der Waals surface area contributed by atoms with Crippen LogP contribution in [0.4, 0.5) is 0 Å². The van der Waals surface area contributed by atoms with Crippen LogP contribution < -0.4 is 0 Å². The number of hydrogen-bond acceptors (Lipinski definition) is 3. The van der Waals surface area contributed by atoms with Crippen molar-refractivity contribution >= 4 is 17.3 Å². The van der Waals surface area contributed by atoms with Crippen LogP contribution in [0.2, 0.25) is 0 Å². The number of hydrogen-bond donors (Lipinski definition) is 1. The first-order chi connectivity index (χ1) is 9.13. The van der Waals surface area contributed by atoms with Gasteiger partial charge in [-0.2, -0.15) is 0 Å². The van der Waals surface area contributed by atoms with Crippen molar-refractivity contribution in [2.45, 2.75) is 32.2 Å². The third-order valence-electron chi connectivity index (χ3n) is 4.81. The largest absolute Gasteiger partial charge is 0.477 e. The minimum absolute atomic E-state index is 0.500. The summed E-state index contributed by atoms with van der Waals surface area (Å²) < 4.78 is 0. The van der Waals surface area contributed by atoms with E-state index in [-0.39, 0.29) is 0 Å². The lowest BCUT2D eigenvalue weighted by molar-refractivity contribution is 0.0700. The first kappa shape index (κ1) is 13.1. The molecule has 3 unspecified atom stereocenters. The average molecular weight is 279 g/mol. The van der Waals surface area contributed by atoms with Gasteiger partial charge in [-0.05, 0) is 61.1 Å². The van der Waals surface area contributed by atoms with E-state index >= 15 is 0 Å². The normalized spacial score (nSPS) is 29.3. The smallest absolute Gasteiger partial charge is 0.346 e. The lowest BCUT2D eigenvalue weighted by atomic mass is 9.88. The molecular formula is C15H21NO2S. The molecule has 2 fully saturated rings. The Hall–Kier alpha value is -0.870. The van der Waals surface area contributed by atoms with Crippen LogP contribution in [0.25, 0.3) is 0 Å². The van der Waals surface area contributed by atoms with E-state index in [1.807, 2.05) is 11.4 Å². The summed E-state index contributed by atoms with van der Waals surface area (Å²) in [6.45, 7) is 1.88. The van der Waals surface area contributed by atoms with E-state index in [4.69, 9.17) is 5.11 Å². The third kappa shape index (κ3) is 2.70. The van der Waals surface area contributed by atoms with Gasteiger partial charge in [-0.3, -0.25) is 0 Å².